The number of halogens is 1. The van der Waals surface area contributed by atoms with Crippen molar-refractivity contribution in [2.75, 3.05) is 38.2 Å². The fraction of sp³-hybridized carbons (Fsp3) is 0.500. The zero-order valence-electron chi connectivity index (χ0n) is 10.3. The maximum atomic E-state index is 12.3. The molecule has 4 nitrogen and oxygen atoms in total. The van der Waals surface area contributed by atoms with E-state index in [0.29, 0.717) is 22.9 Å². The maximum Gasteiger partial charge on any atom is 0.0821 e. The molecule has 2 rings (SSSR count). The Balaban J connectivity index is 2.05. The largest absolute Gasteiger partial charge is 0.398 e. The van der Waals surface area contributed by atoms with Crippen LogP contribution in [0.3, 0.4) is 0 Å². The number of rotatable bonds is 3. The van der Waals surface area contributed by atoms with Crippen molar-refractivity contribution in [1.29, 1.82) is 0 Å². The second kappa shape index (κ2) is 6.14. The maximum absolute atomic E-state index is 12.3. The SMILES string of the molecule is CN1CCOC(CS(=O)c2cc(Br)ccc2N)C1. The fourth-order valence-corrected chi connectivity index (χ4v) is 3.75. The molecule has 6 heteroatoms. The highest BCUT2D eigenvalue weighted by Crippen LogP contribution is 2.22. The van der Waals surface area contributed by atoms with Crippen LogP contribution in [0.2, 0.25) is 0 Å². The van der Waals surface area contributed by atoms with Crippen LogP contribution in [0.4, 0.5) is 5.69 Å². The average Bonchev–Trinajstić information content (AvgIpc) is 2.32. The van der Waals surface area contributed by atoms with Gasteiger partial charge in [0.15, 0.2) is 0 Å². The van der Waals surface area contributed by atoms with E-state index in [0.717, 1.165) is 17.6 Å². The summed E-state index contributed by atoms with van der Waals surface area (Å²) in [6, 6.07) is 5.43. The summed E-state index contributed by atoms with van der Waals surface area (Å²) in [4.78, 5) is 2.87. The molecule has 1 fully saturated rings. The Bertz CT molecular complexity index is 456. The van der Waals surface area contributed by atoms with Crippen LogP contribution < -0.4 is 5.73 Å². The summed E-state index contributed by atoms with van der Waals surface area (Å²) in [7, 11) is 0.923. The Hall–Kier alpha value is -0.430. The first-order valence-electron chi connectivity index (χ1n) is 5.80. The van der Waals surface area contributed by atoms with Crippen LogP contribution in [0.25, 0.3) is 0 Å². The molecule has 0 bridgehead atoms. The zero-order chi connectivity index (χ0) is 13.1. The number of nitrogens with zero attached hydrogens (tertiary/aromatic N) is 1. The molecule has 1 saturated heterocycles. The topological polar surface area (TPSA) is 55.6 Å². The molecular weight excluding hydrogens is 316 g/mol. The van der Waals surface area contributed by atoms with Gasteiger partial charge in [-0.2, -0.15) is 0 Å². The molecular formula is C12H17BrN2O2S. The molecule has 1 heterocycles. The normalized spacial score (nSPS) is 22.9. The van der Waals surface area contributed by atoms with E-state index < -0.39 is 10.8 Å². The summed E-state index contributed by atoms with van der Waals surface area (Å²) >= 11 is 3.37. The van der Waals surface area contributed by atoms with Crippen molar-refractivity contribution in [3.8, 4) is 0 Å². The lowest BCUT2D eigenvalue weighted by molar-refractivity contribution is -0.00640. The van der Waals surface area contributed by atoms with E-state index in [1.807, 2.05) is 19.2 Å². The van der Waals surface area contributed by atoms with Crippen LogP contribution in [0.1, 0.15) is 0 Å². The summed E-state index contributed by atoms with van der Waals surface area (Å²) in [6.45, 7) is 2.45. The van der Waals surface area contributed by atoms with E-state index in [4.69, 9.17) is 10.5 Å². The van der Waals surface area contributed by atoms with E-state index in [2.05, 4.69) is 20.8 Å². The lowest BCUT2D eigenvalue weighted by Gasteiger charge is -2.29. The minimum Gasteiger partial charge on any atom is -0.398 e. The van der Waals surface area contributed by atoms with Gasteiger partial charge in [-0.05, 0) is 25.2 Å². The van der Waals surface area contributed by atoms with Crippen LogP contribution in [-0.2, 0) is 15.5 Å². The second-order valence-electron chi connectivity index (χ2n) is 4.45. The minimum absolute atomic E-state index is 0.0166. The Morgan fingerprint density at radius 2 is 2.39 bits per heavy atom. The third-order valence-corrected chi connectivity index (χ3v) is 4.91. The molecule has 100 valence electrons. The van der Waals surface area contributed by atoms with Crippen molar-refractivity contribution in [2.45, 2.75) is 11.0 Å². The van der Waals surface area contributed by atoms with Gasteiger partial charge in [0.2, 0.25) is 0 Å². The van der Waals surface area contributed by atoms with Crippen molar-refractivity contribution in [3.05, 3.63) is 22.7 Å². The average molecular weight is 333 g/mol. The third-order valence-electron chi connectivity index (χ3n) is 2.90. The smallest absolute Gasteiger partial charge is 0.0821 e. The third kappa shape index (κ3) is 3.54. The number of hydrogen-bond donors (Lipinski definition) is 1. The number of nitrogens with two attached hydrogens (primary N) is 1. The first-order valence-corrected chi connectivity index (χ1v) is 7.91. The van der Waals surface area contributed by atoms with Gasteiger partial charge in [0.25, 0.3) is 0 Å². The van der Waals surface area contributed by atoms with Gasteiger partial charge in [0.05, 0.1) is 34.2 Å². The molecule has 1 aromatic carbocycles. The summed E-state index contributed by atoms with van der Waals surface area (Å²) in [6.07, 6.45) is 0.0166. The van der Waals surface area contributed by atoms with Gasteiger partial charge >= 0.3 is 0 Å². The predicted octanol–water partition coefficient (Wildman–Crippen LogP) is 1.47. The molecule has 0 saturated carbocycles. The van der Waals surface area contributed by atoms with Crippen LogP contribution in [0.5, 0.6) is 0 Å². The summed E-state index contributed by atoms with van der Waals surface area (Å²) < 4.78 is 18.8. The first kappa shape index (κ1) is 14.0. The van der Waals surface area contributed by atoms with Crippen LogP contribution in [-0.4, -0.2) is 47.7 Å². The lowest BCUT2D eigenvalue weighted by atomic mass is 10.3. The molecule has 1 aromatic rings. The fourth-order valence-electron chi connectivity index (χ4n) is 1.93. The van der Waals surface area contributed by atoms with Gasteiger partial charge in [-0.1, -0.05) is 15.9 Å². The highest BCUT2D eigenvalue weighted by atomic mass is 79.9. The van der Waals surface area contributed by atoms with Gasteiger partial charge in [-0.3, -0.25) is 4.21 Å². The molecule has 18 heavy (non-hydrogen) atoms. The van der Waals surface area contributed by atoms with Gasteiger partial charge < -0.3 is 15.4 Å². The van der Waals surface area contributed by atoms with Crippen molar-refractivity contribution in [2.24, 2.45) is 0 Å². The van der Waals surface area contributed by atoms with Crippen molar-refractivity contribution < 1.29 is 8.95 Å². The van der Waals surface area contributed by atoms with Crippen molar-refractivity contribution in [1.82, 2.24) is 4.90 Å². The van der Waals surface area contributed by atoms with Gasteiger partial charge in [0, 0.05) is 23.2 Å². The number of hydrogen-bond acceptors (Lipinski definition) is 4. The number of anilines is 1. The van der Waals surface area contributed by atoms with E-state index in [9.17, 15) is 4.21 Å². The second-order valence-corrected chi connectivity index (χ2v) is 6.83. The summed E-state index contributed by atoms with van der Waals surface area (Å²) in [5.74, 6) is 0.491. The Kier molecular flexibility index (Phi) is 4.77. The Morgan fingerprint density at radius 1 is 1.61 bits per heavy atom. The predicted molar refractivity (Wildman–Crippen MR) is 77.1 cm³/mol. The van der Waals surface area contributed by atoms with Gasteiger partial charge in [0.1, 0.15) is 0 Å². The van der Waals surface area contributed by atoms with E-state index in [1.54, 1.807) is 6.07 Å². The molecule has 1 aliphatic heterocycles. The Morgan fingerprint density at radius 3 is 3.11 bits per heavy atom. The Labute approximate surface area is 118 Å². The zero-order valence-corrected chi connectivity index (χ0v) is 12.7. The minimum atomic E-state index is -1.12. The molecule has 0 spiro atoms. The number of benzene rings is 1. The lowest BCUT2D eigenvalue weighted by Crippen LogP contribution is -2.42. The molecule has 0 aromatic heterocycles. The summed E-state index contributed by atoms with van der Waals surface area (Å²) in [5, 5.41) is 0. The van der Waals surface area contributed by atoms with Gasteiger partial charge in [-0.25, -0.2) is 0 Å². The molecule has 0 amide bonds. The van der Waals surface area contributed by atoms with Gasteiger partial charge in [-0.15, -0.1) is 0 Å². The standard InChI is InChI=1S/C12H17BrN2O2S/c1-15-4-5-17-10(7-15)8-18(16)12-6-9(13)2-3-11(12)14/h2-3,6,10H,4-5,7-8,14H2,1H3. The monoisotopic (exact) mass is 332 g/mol. The van der Waals surface area contributed by atoms with Crippen molar-refractivity contribution >= 4 is 32.4 Å². The van der Waals surface area contributed by atoms with Crippen LogP contribution in [0, 0.1) is 0 Å². The van der Waals surface area contributed by atoms with E-state index in [1.165, 1.54) is 0 Å². The van der Waals surface area contributed by atoms with Crippen LogP contribution in [0.15, 0.2) is 27.6 Å². The highest BCUT2D eigenvalue weighted by Gasteiger charge is 2.21. The quantitative estimate of drug-likeness (QED) is 0.851. The van der Waals surface area contributed by atoms with E-state index in [-0.39, 0.29) is 6.10 Å². The first-order chi connectivity index (χ1) is 8.56. The molecule has 2 N–H and O–H groups in total. The molecule has 1 aliphatic rings. The molecule has 0 aliphatic carbocycles. The highest BCUT2D eigenvalue weighted by molar-refractivity contribution is 9.10. The number of ether oxygens (including phenoxy) is 1. The van der Waals surface area contributed by atoms with Crippen LogP contribution >= 0.6 is 15.9 Å². The number of nitrogen functional groups attached to an aromatic ring is 1. The number of morpholine rings is 1. The molecule has 2 atom stereocenters. The molecule has 2 unspecified atom stereocenters. The van der Waals surface area contributed by atoms with E-state index >= 15 is 0 Å². The number of likely N-dealkylation sites (N-methyl/N-ethyl adjacent to an activating group) is 1. The summed E-state index contributed by atoms with van der Waals surface area (Å²) in [5.41, 5.74) is 6.43. The molecule has 0 radical (unpaired) electrons. The van der Waals surface area contributed by atoms with Crippen molar-refractivity contribution in [3.63, 3.8) is 0 Å².